The monoisotopic (exact) mass is 311 g/mol. The molecule has 6 nitrogen and oxygen atoms in total. The van der Waals surface area contributed by atoms with Gasteiger partial charge < -0.3 is 4.74 Å². The van der Waals surface area contributed by atoms with E-state index in [2.05, 4.69) is 10.2 Å². The number of nitrogens with zero attached hydrogens (tertiary/aromatic N) is 3. The largest absolute Gasteiger partial charge is 0.434 e. The molecule has 0 amide bonds. The molecule has 110 valence electrons. The van der Waals surface area contributed by atoms with E-state index < -0.39 is 10.7 Å². The highest BCUT2D eigenvalue weighted by Crippen LogP contribution is 2.32. The summed E-state index contributed by atoms with van der Waals surface area (Å²) < 4.78 is 19.2. The van der Waals surface area contributed by atoms with E-state index in [4.69, 9.17) is 16.3 Å². The normalized spacial score (nSPS) is 10.5. The molecule has 2 aromatic rings. The SMILES string of the molecule is Cc1cc(Oc2nnc(Cl)c(C)c2C)c(F)cc1[N+](=O)[O-]. The Kier molecular flexibility index (Phi) is 4.04. The molecule has 0 bridgehead atoms. The summed E-state index contributed by atoms with van der Waals surface area (Å²) in [6.45, 7) is 4.94. The molecule has 0 saturated carbocycles. The Morgan fingerprint density at radius 3 is 2.52 bits per heavy atom. The summed E-state index contributed by atoms with van der Waals surface area (Å²) in [6, 6.07) is 2.06. The number of nitro benzene ring substituents is 1. The van der Waals surface area contributed by atoms with Crippen LogP contribution >= 0.6 is 11.6 Å². The lowest BCUT2D eigenvalue weighted by Gasteiger charge is -2.10. The molecule has 0 atom stereocenters. The third kappa shape index (κ3) is 2.92. The van der Waals surface area contributed by atoms with Gasteiger partial charge >= 0.3 is 0 Å². The zero-order valence-corrected chi connectivity index (χ0v) is 12.2. The molecule has 0 aliphatic rings. The zero-order valence-electron chi connectivity index (χ0n) is 11.5. The van der Waals surface area contributed by atoms with Crippen molar-refractivity contribution in [2.45, 2.75) is 20.8 Å². The number of rotatable bonds is 3. The lowest BCUT2D eigenvalue weighted by Crippen LogP contribution is -2.00. The Bertz CT molecular complexity index is 737. The highest BCUT2D eigenvalue weighted by molar-refractivity contribution is 6.30. The summed E-state index contributed by atoms with van der Waals surface area (Å²) in [7, 11) is 0. The maximum Gasteiger partial charge on any atom is 0.275 e. The van der Waals surface area contributed by atoms with Crippen LogP contribution in [0.4, 0.5) is 10.1 Å². The van der Waals surface area contributed by atoms with Crippen molar-refractivity contribution >= 4 is 17.3 Å². The van der Waals surface area contributed by atoms with Gasteiger partial charge in [0.2, 0.25) is 5.88 Å². The van der Waals surface area contributed by atoms with Crippen molar-refractivity contribution in [3.8, 4) is 11.6 Å². The maximum absolute atomic E-state index is 13.9. The minimum Gasteiger partial charge on any atom is -0.434 e. The van der Waals surface area contributed by atoms with Crippen LogP contribution in [0, 0.1) is 36.7 Å². The smallest absolute Gasteiger partial charge is 0.275 e. The minimum atomic E-state index is -0.846. The van der Waals surface area contributed by atoms with Gasteiger partial charge in [-0.2, -0.15) is 0 Å². The minimum absolute atomic E-state index is 0.101. The van der Waals surface area contributed by atoms with Gasteiger partial charge in [0.1, 0.15) is 0 Å². The summed E-state index contributed by atoms with van der Waals surface area (Å²) in [5, 5.41) is 18.4. The van der Waals surface area contributed by atoms with Gasteiger partial charge in [-0.25, -0.2) is 4.39 Å². The Hall–Kier alpha value is -2.28. The van der Waals surface area contributed by atoms with Crippen molar-refractivity contribution in [1.82, 2.24) is 10.2 Å². The molecule has 0 unspecified atom stereocenters. The van der Waals surface area contributed by atoms with Crippen molar-refractivity contribution < 1.29 is 14.1 Å². The lowest BCUT2D eigenvalue weighted by atomic mass is 10.2. The summed E-state index contributed by atoms with van der Waals surface area (Å²) >= 11 is 5.82. The van der Waals surface area contributed by atoms with E-state index in [1.165, 1.54) is 13.0 Å². The topological polar surface area (TPSA) is 78.2 Å². The zero-order chi connectivity index (χ0) is 15.7. The fourth-order valence-electron chi connectivity index (χ4n) is 1.67. The molecule has 0 radical (unpaired) electrons. The quantitative estimate of drug-likeness (QED) is 0.634. The third-order valence-electron chi connectivity index (χ3n) is 3.08. The molecule has 0 fully saturated rings. The summed E-state index contributed by atoms with van der Waals surface area (Å²) in [5.41, 5.74) is 1.26. The van der Waals surface area contributed by atoms with Gasteiger partial charge in [0.05, 0.1) is 11.0 Å². The second-order valence-corrected chi connectivity index (χ2v) is 4.83. The summed E-state index contributed by atoms with van der Waals surface area (Å²) in [6.07, 6.45) is 0. The number of hydrogen-bond donors (Lipinski definition) is 0. The second kappa shape index (κ2) is 5.61. The first-order valence-electron chi connectivity index (χ1n) is 5.93. The van der Waals surface area contributed by atoms with E-state index in [1.54, 1.807) is 13.8 Å². The van der Waals surface area contributed by atoms with E-state index in [0.717, 1.165) is 6.07 Å². The Morgan fingerprint density at radius 2 is 1.90 bits per heavy atom. The molecular formula is C13H11ClFN3O3. The van der Waals surface area contributed by atoms with Crippen LogP contribution < -0.4 is 4.74 Å². The van der Waals surface area contributed by atoms with Gasteiger partial charge in [-0.3, -0.25) is 10.1 Å². The van der Waals surface area contributed by atoms with Crippen molar-refractivity contribution in [2.24, 2.45) is 0 Å². The predicted molar refractivity (Wildman–Crippen MR) is 74.4 cm³/mol. The van der Waals surface area contributed by atoms with Crippen LogP contribution in [0.1, 0.15) is 16.7 Å². The summed E-state index contributed by atoms with van der Waals surface area (Å²) in [4.78, 5) is 10.1. The van der Waals surface area contributed by atoms with E-state index in [0.29, 0.717) is 11.1 Å². The first-order chi connectivity index (χ1) is 9.81. The standard InChI is InChI=1S/C13H11ClFN3O3/c1-6-4-11(9(15)5-10(6)18(19)20)21-13-8(3)7(2)12(14)16-17-13/h4-5H,1-3H3. The molecule has 1 aromatic carbocycles. The first kappa shape index (κ1) is 15.1. The molecule has 0 saturated heterocycles. The fourth-order valence-corrected chi connectivity index (χ4v) is 1.85. The highest BCUT2D eigenvalue weighted by atomic mass is 35.5. The van der Waals surface area contributed by atoms with E-state index in [1.807, 2.05) is 0 Å². The second-order valence-electron chi connectivity index (χ2n) is 4.47. The number of hydrogen-bond acceptors (Lipinski definition) is 5. The predicted octanol–water partition coefficient (Wildman–Crippen LogP) is 3.89. The Labute approximate surface area is 124 Å². The van der Waals surface area contributed by atoms with Crippen molar-refractivity contribution in [3.63, 3.8) is 0 Å². The number of benzene rings is 1. The lowest BCUT2D eigenvalue weighted by molar-refractivity contribution is -0.385. The van der Waals surface area contributed by atoms with Crippen LogP contribution in [0.15, 0.2) is 12.1 Å². The fraction of sp³-hybridized carbons (Fsp3) is 0.231. The molecule has 8 heteroatoms. The van der Waals surface area contributed by atoms with E-state index in [9.17, 15) is 14.5 Å². The molecule has 0 aliphatic carbocycles. The Morgan fingerprint density at radius 1 is 1.24 bits per heavy atom. The number of aryl methyl sites for hydroxylation is 1. The van der Waals surface area contributed by atoms with Crippen molar-refractivity contribution in [3.05, 3.63) is 49.9 Å². The van der Waals surface area contributed by atoms with Gasteiger partial charge in [-0.1, -0.05) is 11.6 Å². The van der Waals surface area contributed by atoms with Crippen LogP contribution in [0.2, 0.25) is 5.15 Å². The van der Waals surface area contributed by atoms with E-state index >= 15 is 0 Å². The van der Waals surface area contributed by atoms with Crippen molar-refractivity contribution in [1.29, 1.82) is 0 Å². The number of halogens is 2. The molecule has 21 heavy (non-hydrogen) atoms. The van der Waals surface area contributed by atoms with Crippen LogP contribution in [-0.2, 0) is 0 Å². The number of nitro groups is 1. The first-order valence-corrected chi connectivity index (χ1v) is 6.30. The average Bonchev–Trinajstić information content (AvgIpc) is 2.42. The number of ether oxygens (including phenoxy) is 1. The summed E-state index contributed by atoms with van der Waals surface area (Å²) in [5.74, 6) is -0.901. The Balaban J connectivity index is 2.43. The molecular weight excluding hydrogens is 301 g/mol. The molecule has 2 rings (SSSR count). The highest BCUT2D eigenvalue weighted by Gasteiger charge is 2.18. The molecule has 1 heterocycles. The van der Waals surface area contributed by atoms with Gasteiger partial charge in [0.25, 0.3) is 5.69 Å². The van der Waals surface area contributed by atoms with Gasteiger partial charge in [-0.15, -0.1) is 10.2 Å². The van der Waals surface area contributed by atoms with Crippen LogP contribution in [0.25, 0.3) is 0 Å². The molecule has 1 aromatic heterocycles. The third-order valence-corrected chi connectivity index (χ3v) is 3.43. The van der Waals surface area contributed by atoms with Crippen molar-refractivity contribution in [2.75, 3.05) is 0 Å². The molecule has 0 N–H and O–H groups in total. The van der Waals surface area contributed by atoms with Gasteiger partial charge in [0, 0.05) is 11.1 Å². The maximum atomic E-state index is 13.9. The van der Waals surface area contributed by atoms with Crippen LogP contribution in [-0.4, -0.2) is 15.1 Å². The van der Waals surface area contributed by atoms with E-state index in [-0.39, 0.29) is 28.0 Å². The molecule has 0 aliphatic heterocycles. The average molecular weight is 312 g/mol. The van der Waals surface area contributed by atoms with Crippen LogP contribution in [0.3, 0.4) is 0 Å². The van der Waals surface area contributed by atoms with Gasteiger partial charge in [0.15, 0.2) is 16.7 Å². The van der Waals surface area contributed by atoms with Gasteiger partial charge in [-0.05, 0) is 32.4 Å². The van der Waals surface area contributed by atoms with Crippen LogP contribution in [0.5, 0.6) is 11.6 Å². The number of aromatic nitrogens is 2. The molecule has 0 spiro atoms.